The minimum absolute atomic E-state index is 0.0302. The third-order valence-electron chi connectivity index (χ3n) is 7.73. The van der Waals surface area contributed by atoms with Gasteiger partial charge in [0.05, 0.1) is 23.5 Å². The molecule has 0 radical (unpaired) electrons. The van der Waals surface area contributed by atoms with Crippen molar-refractivity contribution in [2.75, 3.05) is 6.61 Å². The molecule has 0 aliphatic heterocycles. The van der Waals surface area contributed by atoms with Crippen LogP contribution >= 0.6 is 0 Å². The number of hydrogen-bond donors (Lipinski definition) is 3. The minimum Gasteiger partial charge on any atom is -0.466 e. The lowest BCUT2D eigenvalue weighted by Gasteiger charge is -2.35. The minimum atomic E-state index is -3.73. The fourth-order valence-electron chi connectivity index (χ4n) is 5.87. The van der Waals surface area contributed by atoms with Crippen LogP contribution in [0.4, 0.5) is 0 Å². The van der Waals surface area contributed by atoms with Gasteiger partial charge in [-0.2, -0.15) is 0 Å². The lowest BCUT2D eigenvalue weighted by Crippen LogP contribution is -2.51. The molecule has 34 heavy (non-hydrogen) atoms. The van der Waals surface area contributed by atoms with Crippen LogP contribution in [-0.4, -0.2) is 58.0 Å². The van der Waals surface area contributed by atoms with Crippen molar-refractivity contribution in [1.29, 1.82) is 0 Å². The SMILES string of the molecule is CCOC(=O)CC(NS(=O)(=O)C1CCCC(NS(=O)(=O)C2CCCC(N)C2)C1)C1CCCCC1. The first-order chi connectivity index (χ1) is 16.1. The summed E-state index contributed by atoms with van der Waals surface area (Å²) in [7, 11) is -7.28. The van der Waals surface area contributed by atoms with Crippen LogP contribution in [-0.2, 0) is 29.6 Å². The van der Waals surface area contributed by atoms with Gasteiger partial charge in [-0.3, -0.25) is 4.79 Å². The van der Waals surface area contributed by atoms with E-state index in [-0.39, 0.29) is 37.4 Å². The maximum Gasteiger partial charge on any atom is 0.307 e. The van der Waals surface area contributed by atoms with E-state index in [9.17, 15) is 21.6 Å². The van der Waals surface area contributed by atoms with Crippen molar-refractivity contribution in [3.63, 3.8) is 0 Å². The lowest BCUT2D eigenvalue weighted by atomic mass is 9.83. The van der Waals surface area contributed by atoms with Crippen molar-refractivity contribution in [3.05, 3.63) is 0 Å². The van der Waals surface area contributed by atoms with Gasteiger partial charge in [0.1, 0.15) is 0 Å². The van der Waals surface area contributed by atoms with E-state index >= 15 is 0 Å². The van der Waals surface area contributed by atoms with Crippen LogP contribution in [0.3, 0.4) is 0 Å². The molecular weight excluding hydrogens is 478 g/mol. The number of carbonyl (C=O) groups is 1. The first kappa shape index (κ1) is 27.8. The van der Waals surface area contributed by atoms with E-state index in [1.165, 1.54) is 0 Å². The fourth-order valence-corrected chi connectivity index (χ4v) is 9.57. The molecule has 3 aliphatic carbocycles. The molecule has 0 amide bonds. The Morgan fingerprint density at radius 1 is 0.882 bits per heavy atom. The van der Waals surface area contributed by atoms with E-state index in [1.807, 2.05) is 0 Å². The van der Waals surface area contributed by atoms with Crippen molar-refractivity contribution < 1.29 is 26.4 Å². The fraction of sp³-hybridized carbons (Fsp3) is 0.957. The van der Waals surface area contributed by atoms with Gasteiger partial charge in [0, 0.05) is 18.1 Å². The molecule has 0 aromatic carbocycles. The van der Waals surface area contributed by atoms with Crippen molar-refractivity contribution in [3.8, 4) is 0 Å². The van der Waals surface area contributed by atoms with Crippen LogP contribution < -0.4 is 15.2 Å². The largest absolute Gasteiger partial charge is 0.466 e. The molecule has 5 atom stereocenters. The van der Waals surface area contributed by atoms with E-state index in [4.69, 9.17) is 10.5 Å². The van der Waals surface area contributed by atoms with E-state index in [0.717, 1.165) is 44.9 Å². The second kappa shape index (κ2) is 12.5. The highest BCUT2D eigenvalue weighted by molar-refractivity contribution is 7.90. The smallest absolute Gasteiger partial charge is 0.307 e. The van der Waals surface area contributed by atoms with E-state index in [1.54, 1.807) is 6.92 Å². The predicted octanol–water partition coefficient (Wildman–Crippen LogP) is 2.31. The van der Waals surface area contributed by atoms with E-state index < -0.39 is 42.6 Å². The normalized spacial score (nSPS) is 30.5. The Hall–Kier alpha value is -0.750. The molecule has 3 aliphatic rings. The highest BCUT2D eigenvalue weighted by atomic mass is 32.2. The van der Waals surface area contributed by atoms with Crippen LogP contribution in [0.5, 0.6) is 0 Å². The van der Waals surface area contributed by atoms with Crippen LogP contribution in [0.1, 0.15) is 96.8 Å². The maximum absolute atomic E-state index is 13.4. The zero-order valence-electron chi connectivity index (χ0n) is 20.4. The van der Waals surface area contributed by atoms with Crippen LogP contribution in [0.25, 0.3) is 0 Å². The van der Waals surface area contributed by atoms with Gasteiger partial charge in [0.15, 0.2) is 0 Å². The predicted molar refractivity (Wildman–Crippen MR) is 132 cm³/mol. The van der Waals surface area contributed by atoms with Gasteiger partial charge >= 0.3 is 5.97 Å². The van der Waals surface area contributed by atoms with Crippen LogP contribution in [0.15, 0.2) is 0 Å². The molecule has 0 heterocycles. The number of rotatable bonds is 10. The molecule has 0 bridgehead atoms. The second-order valence-electron chi connectivity index (χ2n) is 10.4. The zero-order valence-corrected chi connectivity index (χ0v) is 22.0. The van der Waals surface area contributed by atoms with Crippen LogP contribution in [0, 0.1) is 5.92 Å². The molecule has 3 fully saturated rings. The number of carbonyl (C=O) groups excluding carboxylic acids is 1. The quantitative estimate of drug-likeness (QED) is 0.374. The summed E-state index contributed by atoms with van der Waals surface area (Å²) in [5.74, 6) is -0.276. The van der Waals surface area contributed by atoms with Gasteiger partial charge in [-0.25, -0.2) is 26.3 Å². The highest BCUT2D eigenvalue weighted by Gasteiger charge is 2.39. The van der Waals surface area contributed by atoms with Gasteiger partial charge in [-0.05, 0) is 64.2 Å². The summed E-state index contributed by atoms with van der Waals surface area (Å²) in [5, 5.41) is -1.19. The molecule has 0 spiro atoms. The van der Waals surface area contributed by atoms with Gasteiger partial charge in [-0.1, -0.05) is 32.1 Å². The number of sulfonamides is 2. The monoisotopic (exact) mass is 521 g/mol. The van der Waals surface area contributed by atoms with E-state index in [2.05, 4.69) is 9.44 Å². The summed E-state index contributed by atoms with van der Waals surface area (Å²) in [6, 6.07) is -0.989. The number of nitrogens with one attached hydrogen (secondary N) is 2. The Morgan fingerprint density at radius 2 is 1.53 bits per heavy atom. The molecule has 5 unspecified atom stereocenters. The van der Waals surface area contributed by atoms with Crippen molar-refractivity contribution in [2.45, 2.75) is 125 Å². The molecule has 11 heteroatoms. The highest BCUT2D eigenvalue weighted by Crippen LogP contribution is 2.31. The second-order valence-corrected chi connectivity index (χ2v) is 14.4. The van der Waals surface area contributed by atoms with Gasteiger partial charge < -0.3 is 10.5 Å². The molecule has 0 saturated heterocycles. The molecule has 0 aromatic heterocycles. The molecular formula is C23H43N3O6S2. The van der Waals surface area contributed by atoms with E-state index in [0.29, 0.717) is 32.1 Å². The zero-order chi connectivity index (χ0) is 24.8. The number of hydrogen-bond acceptors (Lipinski definition) is 7. The third-order valence-corrected chi connectivity index (χ3v) is 11.6. The standard InChI is InChI=1S/C23H43N3O6S2/c1-2-32-23(27)16-22(17-8-4-3-5-9-17)26-34(30,31)21-13-7-11-19(15-21)25-33(28,29)20-12-6-10-18(24)14-20/h17-22,25-26H,2-16,24H2,1H3. The Morgan fingerprint density at radius 3 is 2.18 bits per heavy atom. The Kier molecular flexibility index (Phi) is 10.2. The number of ether oxygens (including phenoxy) is 1. The molecule has 198 valence electrons. The average Bonchev–Trinajstić information content (AvgIpc) is 2.79. The number of nitrogens with two attached hydrogens (primary N) is 1. The molecule has 3 saturated carbocycles. The summed E-state index contributed by atoms with van der Waals surface area (Å²) < 4.78 is 63.4. The van der Waals surface area contributed by atoms with Crippen molar-refractivity contribution >= 4 is 26.0 Å². The first-order valence-electron chi connectivity index (χ1n) is 13.0. The van der Waals surface area contributed by atoms with Gasteiger partial charge in [0.2, 0.25) is 20.0 Å². The molecule has 4 N–H and O–H groups in total. The third kappa shape index (κ3) is 7.88. The number of esters is 1. The van der Waals surface area contributed by atoms with Crippen LogP contribution in [0.2, 0.25) is 0 Å². The summed E-state index contributed by atoms with van der Waals surface area (Å²) in [5.41, 5.74) is 5.98. The lowest BCUT2D eigenvalue weighted by molar-refractivity contribution is -0.144. The van der Waals surface area contributed by atoms with Gasteiger partial charge in [0.25, 0.3) is 0 Å². The van der Waals surface area contributed by atoms with Crippen molar-refractivity contribution in [2.24, 2.45) is 11.7 Å². The summed E-state index contributed by atoms with van der Waals surface area (Å²) in [6.45, 7) is 2.00. The first-order valence-corrected chi connectivity index (χ1v) is 16.1. The van der Waals surface area contributed by atoms with Crippen molar-refractivity contribution in [1.82, 2.24) is 9.44 Å². The average molecular weight is 522 g/mol. The Balaban J connectivity index is 1.64. The maximum atomic E-state index is 13.4. The Bertz CT molecular complexity index is 873. The summed E-state index contributed by atoms with van der Waals surface area (Å²) >= 11 is 0. The molecule has 9 nitrogen and oxygen atoms in total. The summed E-state index contributed by atoms with van der Waals surface area (Å²) in [4.78, 5) is 12.2. The molecule has 0 aromatic rings. The topological polar surface area (TPSA) is 145 Å². The Labute approximate surface area is 205 Å². The van der Waals surface area contributed by atoms with Gasteiger partial charge in [-0.15, -0.1) is 0 Å². The molecule has 3 rings (SSSR count). The summed E-state index contributed by atoms with van der Waals surface area (Å²) in [6.07, 6.45) is 9.67.